The van der Waals surface area contributed by atoms with Gasteiger partial charge < -0.3 is 101 Å². The summed E-state index contributed by atoms with van der Waals surface area (Å²) in [5.41, 5.74) is 27.0. The smallest absolute Gasteiger partial charge is 0.336 e. The van der Waals surface area contributed by atoms with E-state index < -0.39 is 184 Å². The first-order valence-corrected chi connectivity index (χ1v) is 34.9. The van der Waals surface area contributed by atoms with Crippen molar-refractivity contribution in [3.05, 3.63) is 115 Å². The molecule has 0 bridgehead atoms. The number of nitro benzene ring substituents is 2. The van der Waals surface area contributed by atoms with Crippen LogP contribution in [0.3, 0.4) is 0 Å². The van der Waals surface area contributed by atoms with E-state index in [4.69, 9.17) is 37.8 Å². The van der Waals surface area contributed by atoms with E-state index in [1.54, 1.807) is 70.2 Å². The molecule has 1 aromatic heterocycles. The Morgan fingerprint density at radius 2 is 1.18 bits per heavy atom. The summed E-state index contributed by atoms with van der Waals surface area (Å²) < 4.78 is 10.5. The number of nitrogens with two attached hydrogens (primary N) is 5. The maximum Gasteiger partial charge on any atom is 0.336 e. The van der Waals surface area contributed by atoms with Crippen LogP contribution in [0.25, 0.3) is 11.0 Å². The number of hydrogen-bond acceptors (Lipinski definition) is 23. The minimum atomic E-state index is -1.84. The van der Waals surface area contributed by atoms with Crippen molar-refractivity contribution in [2.45, 2.75) is 172 Å². The van der Waals surface area contributed by atoms with Gasteiger partial charge in [0.25, 0.3) is 11.4 Å². The Morgan fingerprint density at radius 1 is 0.593 bits per heavy atom. The van der Waals surface area contributed by atoms with Gasteiger partial charge in [0.2, 0.25) is 70.9 Å². The fraction of sp³-hybridized carbons (Fsp3) is 0.507. The largest absolute Gasteiger partial charge is 0.497 e. The molecule has 0 aliphatic rings. The third-order valence-electron chi connectivity index (χ3n) is 16.7. The van der Waals surface area contributed by atoms with E-state index in [0.29, 0.717) is 35.1 Å². The van der Waals surface area contributed by atoms with Gasteiger partial charge in [-0.3, -0.25) is 82.8 Å². The number of unbranched alkanes of at least 4 members (excludes halogenated alkanes) is 2. The quantitative estimate of drug-likeness (QED) is 0.00558. The molecule has 0 unspecified atom stereocenters. The molecule has 0 spiro atoms. The van der Waals surface area contributed by atoms with Gasteiger partial charge in [-0.1, -0.05) is 58.0 Å². The van der Waals surface area contributed by atoms with Crippen LogP contribution in [0, 0.1) is 32.1 Å². The third kappa shape index (κ3) is 30.3. The van der Waals surface area contributed by atoms with E-state index in [1.165, 1.54) is 26.2 Å². The van der Waals surface area contributed by atoms with E-state index in [9.17, 15) is 87.7 Å². The monoisotopic (exact) mass is 1510 g/mol. The zero-order chi connectivity index (χ0) is 80.3. The van der Waals surface area contributed by atoms with Crippen molar-refractivity contribution in [1.29, 1.82) is 0 Å². The average Bonchev–Trinajstić information content (AvgIpc) is 0.783. The molecule has 0 saturated carbocycles. The number of nitro groups is 2. The van der Waals surface area contributed by atoms with Crippen molar-refractivity contribution < 1.29 is 81.6 Å². The van der Waals surface area contributed by atoms with Gasteiger partial charge in [0.15, 0.2) is 5.96 Å². The van der Waals surface area contributed by atoms with E-state index in [0.717, 1.165) is 18.2 Å². The van der Waals surface area contributed by atoms with Crippen molar-refractivity contribution in [3.63, 3.8) is 0 Å². The summed E-state index contributed by atoms with van der Waals surface area (Å²) in [5, 5.41) is 61.9. The molecule has 590 valence electrons. The topological polar surface area (TPSA) is 626 Å². The summed E-state index contributed by atoms with van der Waals surface area (Å²) >= 11 is 0. The number of carbonyl (C=O) groups excluding carboxylic acids is 12. The number of aliphatic hydroxyl groups is 1. The van der Waals surface area contributed by atoms with Crippen molar-refractivity contribution in [2.75, 3.05) is 45.2 Å². The molecule has 9 atom stereocenters. The van der Waals surface area contributed by atoms with Gasteiger partial charge in [-0.15, -0.1) is 0 Å². The van der Waals surface area contributed by atoms with Crippen LogP contribution in [0.15, 0.2) is 87.0 Å². The number of guanidine groups is 1. The summed E-state index contributed by atoms with van der Waals surface area (Å²) in [7, 11) is 1.43. The molecular formula is C69H99N19O20. The highest BCUT2D eigenvalue weighted by atomic mass is 16.6. The molecule has 3 aromatic carbocycles. The number of aliphatic hydroxyl groups excluding tert-OH is 1. The van der Waals surface area contributed by atoms with Crippen LogP contribution in [0.4, 0.5) is 17.1 Å². The number of fused-ring (bicyclic) bond motifs is 1. The van der Waals surface area contributed by atoms with E-state index in [-0.39, 0.29) is 101 Å². The van der Waals surface area contributed by atoms with Crippen molar-refractivity contribution >= 4 is 105 Å². The number of hydrogen-bond donors (Lipinski definition) is 17. The molecule has 0 aliphatic heterocycles. The number of nitrogens with zero attached hydrogens (tertiary/aromatic N) is 3. The number of anilines is 1. The Hall–Kier alpha value is -11.9. The van der Waals surface area contributed by atoms with Crippen molar-refractivity contribution in [2.24, 2.45) is 45.5 Å². The molecule has 4 aromatic rings. The molecule has 108 heavy (non-hydrogen) atoms. The highest BCUT2D eigenvalue weighted by Crippen LogP contribution is 2.29. The summed E-state index contributed by atoms with van der Waals surface area (Å²) in [6.07, 6.45) is -0.575. The highest BCUT2D eigenvalue weighted by Gasteiger charge is 2.36. The molecular weight excluding hydrogens is 1410 g/mol. The van der Waals surface area contributed by atoms with Crippen molar-refractivity contribution in [1.82, 2.24) is 53.2 Å². The predicted molar refractivity (Wildman–Crippen MR) is 393 cm³/mol. The molecule has 0 radical (unpaired) electrons. The Morgan fingerprint density at radius 3 is 1.75 bits per heavy atom. The average molecular weight is 1510 g/mol. The summed E-state index contributed by atoms with van der Waals surface area (Å²) in [5.74, 6) is -11.9. The van der Waals surface area contributed by atoms with Crippen molar-refractivity contribution in [3.8, 4) is 5.75 Å². The van der Waals surface area contributed by atoms with Gasteiger partial charge in [0.1, 0.15) is 71.4 Å². The number of nitrogens with one attached hydrogen (secondary N) is 11. The first-order valence-electron chi connectivity index (χ1n) is 34.9. The molecule has 0 saturated heterocycles. The normalized spacial score (nSPS) is 13.5. The van der Waals surface area contributed by atoms with Crippen LogP contribution < -0.4 is 97.5 Å². The van der Waals surface area contributed by atoms with Crippen LogP contribution in [-0.2, 0) is 70.4 Å². The number of amides is 12. The Balaban J connectivity index is 1.50. The zero-order valence-electron chi connectivity index (χ0n) is 60.9. The molecule has 12 amide bonds. The maximum atomic E-state index is 14.5. The maximum absolute atomic E-state index is 14.5. The van der Waals surface area contributed by atoms with Gasteiger partial charge in [-0.05, 0) is 119 Å². The van der Waals surface area contributed by atoms with Crippen LogP contribution in [-0.4, -0.2) is 186 Å². The summed E-state index contributed by atoms with van der Waals surface area (Å²) in [4.78, 5) is 202. The van der Waals surface area contributed by atoms with Gasteiger partial charge >= 0.3 is 5.63 Å². The Labute approximate surface area is 621 Å². The SMILES string of the molecule is COc1ccc2c(CC(=O)N[C@@H](C)C(=O)N[C@H](C(=O)N[C@@H](CC(C)C)C(=O)N[C@@H](CCC(N)=O)C(=O)N[C@@H](CO)C(=O)NCC(=O)N[C@@H](Cc3ccccc3)C(=O)N[C@@H](CCCN=C(N)N)C(=O)N[C@@H](CCCCNc3ccc([N+](=O)[O-])cc3[N+](=O)[O-])C(=O)N[C@@H](CCCCN)C(N)=O)C(C)C)cc(=O)oc2c1. The summed E-state index contributed by atoms with van der Waals surface area (Å²) in [6, 6.07) is 3.98. The minimum Gasteiger partial charge on any atom is -0.497 e. The number of benzene rings is 3. The lowest BCUT2D eigenvalue weighted by atomic mass is 9.99. The molecule has 39 heteroatoms. The molecule has 22 N–H and O–H groups in total. The second kappa shape index (κ2) is 44.8. The fourth-order valence-corrected chi connectivity index (χ4v) is 10.9. The van der Waals surface area contributed by atoms with Crippen LogP contribution in [0.2, 0.25) is 0 Å². The second-order valence-corrected chi connectivity index (χ2v) is 26.1. The van der Waals surface area contributed by atoms with Gasteiger partial charge in [0, 0.05) is 49.5 Å². The number of methoxy groups -OCH3 is 1. The summed E-state index contributed by atoms with van der Waals surface area (Å²) in [6.45, 7) is 6.27. The number of carbonyl (C=O) groups is 12. The highest BCUT2D eigenvalue weighted by molar-refractivity contribution is 5.99. The minimum absolute atomic E-state index is 0.0340. The number of primary amides is 2. The number of non-ortho nitro benzene ring substituents is 1. The molecule has 0 fully saturated rings. The van der Waals surface area contributed by atoms with Crippen LogP contribution >= 0.6 is 0 Å². The lowest BCUT2D eigenvalue weighted by molar-refractivity contribution is -0.393. The van der Waals surface area contributed by atoms with E-state index >= 15 is 0 Å². The van der Waals surface area contributed by atoms with Gasteiger partial charge in [-0.2, -0.15) is 0 Å². The predicted octanol–water partition coefficient (Wildman–Crippen LogP) is -2.19. The lowest BCUT2D eigenvalue weighted by Crippen LogP contribution is -2.60. The molecule has 39 nitrogen and oxygen atoms in total. The first-order chi connectivity index (χ1) is 51.1. The molecule has 4 rings (SSSR count). The number of rotatable bonds is 48. The zero-order valence-corrected chi connectivity index (χ0v) is 60.9. The van der Waals surface area contributed by atoms with Gasteiger partial charge in [-0.25, -0.2) is 4.79 Å². The first kappa shape index (κ1) is 88.5. The number of ether oxygens (including phenoxy) is 1. The second-order valence-electron chi connectivity index (χ2n) is 26.1. The fourth-order valence-electron chi connectivity index (χ4n) is 10.9. The lowest BCUT2D eigenvalue weighted by Gasteiger charge is -2.28. The standard InChI is InChI=1S/C69H99N19O20/c1-37(2)29-50(84-68(102)59(38(3)4)86-61(95)39(5)78-56(91)31-41-32-58(93)108-54-34-43(107-6)21-22-44(41)54)66(100)83-49(24-25-55(71)90)65(99)85-52(36-89)62(96)77-35-57(92)79-51(30-40-15-8-7-9-16-40)67(101)82-48(19-14-28-76-69(73)74)64(98)81-47(63(97)80-46(60(72)94)17-10-12-26-70)18-11-13-27-75-45-23-20-42(87(103)104)33-53(45)88(105)106/h7-9,15-16,20-23,32-34,37-39,46-52,59,75,89H,10-14,17-19,24-31,35-36,70H2,1-6H3,(H2,71,90)(H2,72,94)(H,77,96)(H,78,91)(H,79,92)(H,80,97)(H,81,98)(H,82,101)(H,83,100)(H,84,102)(H,85,99)(H,86,95)(H4,73,74,76)/t39-,46-,47-,48-,49-,50-,51-,52-,59-/m0/s1. The molecule has 1 heterocycles. The molecule has 0 aliphatic carbocycles. The Kier molecular flexibility index (Phi) is 36.7. The Bertz CT molecular complexity index is 3910. The van der Waals surface area contributed by atoms with Crippen LogP contribution in [0.1, 0.15) is 116 Å². The van der Waals surface area contributed by atoms with E-state index in [1.807, 2.05) is 0 Å². The number of aliphatic imine (C=N–C) groups is 1. The van der Waals surface area contributed by atoms with Crippen LogP contribution in [0.5, 0.6) is 5.75 Å². The third-order valence-corrected chi connectivity index (χ3v) is 16.7. The van der Waals surface area contributed by atoms with Gasteiger partial charge in [0.05, 0.1) is 42.6 Å². The van der Waals surface area contributed by atoms with E-state index in [2.05, 4.69) is 63.5 Å².